The lowest BCUT2D eigenvalue weighted by atomic mass is 9.64. The summed E-state index contributed by atoms with van der Waals surface area (Å²) in [6.45, 7) is 8.67. The number of unbranched alkanes of at least 4 members (excludes halogenated alkanes) is 1. The third-order valence-corrected chi connectivity index (χ3v) is 4.29. The summed E-state index contributed by atoms with van der Waals surface area (Å²) in [5.74, 6) is 1.19. The fourth-order valence-corrected chi connectivity index (χ4v) is 3.33. The van der Waals surface area contributed by atoms with Crippen molar-refractivity contribution in [2.75, 3.05) is 0 Å². The van der Waals surface area contributed by atoms with Gasteiger partial charge in [-0.1, -0.05) is 33.6 Å². The standard InChI is InChI=1S/C14H29NO/c1-5-6-7-13(4,15)14(16)9-11(2)8-12(3)10-14/h11-12,16H,5-10,15H2,1-4H3. The van der Waals surface area contributed by atoms with Gasteiger partial charge >= 0.3 is 0 Å². The van der Waals surface area contributed by atoms with Crippen LogP contribution in [0.3, 0.4) is 0 Å². The van der Waals surface area contributed by atoms with Crippen molar-refractivity contribution in [2.45, 2.75) is 77.4 Å². The van der Waals surface area contributed by atoms with E-state index in [2.05, 4.69) is 20.8 Å². The Hall–Kier alpha value is -0.0800. The normalized spacial score (nSPS) is 39.4. The third-order valence-electron chi connectivity index (χ3n) is 4.29. The topological polar surface area (TPSA) is 46.2 Å². The van der Waals surface area contributed by atoms with Crippen LogP contribution in [0.5, 0.6) is 0 Å². The predicted molar refractivity (Wildman–Crippen MR) is 69.2 cm³/mol. The maximum atomic E-state index is 10.8. The van der Waals surface area contributed by atoms with Gasteiger partial charge in [0.15, 0.2) is 0 Å². The molecule has 0 aromatic heterocycles. The smallest absolute Gasteiger partial charge is 0.0828 e. The quantitative estimate of drug-likeness (QED) is 0.775. The Morgan fingerprint density at radius 3 is 2.25 bits per heavy atom. The van der Waals surface area contributed by atoms with Gasteiger partial charge in [0.25, 0.3) is 0 Å². The molecule has 0 spiro atoms. The first-order valence-corrected chi connectivity index (χ1v) is 6.82. The molecule has 3 atom stereocenters. The van der Waals surface area contributed by atoms with Crippen molar-refractivity contribution in [3.63, 3.8) is 0 Å². The minimum atomic E-state index is -0.654. The second-order valence-corrected chi connectivity index (χ2v) is 6.41. The minimum absolute atomic E-state index is 0.425. The predicted octanol–water partition coefficient (Wildman–Crippen LogP) is 3.08. The largest absolute Gasteiger partial charge is 0.388 e. The van der Waals surface area contributed by atoms with E-state index >= 15 is 0 Å². The molecule has 0 heterocycles. The molecule has 16 heavy (non-hydrogen) atoms. The van der Waals surface area contributed by atoms with Crippen molar-refractivity contribution in [3.05, 3.63) is 0 Å². The van der Waals surface area contributed by atoms with Gasteiger partial charge < -0.3 is 10.8 Å². The Morgan fingerprint density at radius 2 is 1.81 bits per heavy atom. The summed E-state index contributed by atoms with van der Waals surface area (Å²) in [5, 5.41) is 10.8. The van der Waals surface area contributed by atoms with Crippen LogP contribution >= 0.6 is 0 Å². The Morgan fingerprint density at radius 1 is 1.31 bits per heavy atom. The van der Waals surface area contributed by atoms with Crippen LogP contribution in [-0.2, 0) is 0 Å². The molecule has 1 saturated carbocycles. The third kappa shape index (κ3) is 2.98. The molecule has 0 aromatic carbocycles. The van der Waals surface area contributed by atoms with E-state index in [9.17, 15) is 5.11 Å². The van der Waals surface area contributed by atoms with Crippen molar-refractivity contribution < 1.29 is 5.11 Å². The van der Waals surface area contributed by atoms with Gasteiger partial charge in [0.2, 0.25) is 0 Å². The van der Waals surface area contributed by atoms with Crippen LogP contribution in [-0.4, -0.2) is 16.2 Å². The van der Waals surface area contributed by atoms with Crippen LogP contribution in [0.15, 0.2) is 0 Å². The zero-order valence-corrected chi connectivity index (χ0v) is 11.4. The molecular formula is C14H29NO. The summed E-state index contributed by atoms with van der Waals surface area (Å²) in [4.78, 5) is 0. The number of hydrogen-bond acceptors (Lipinski definition) is 2. The van der Waals surface area contributed by atoms with Crippen LogP contribution in [0.25, 0.3) is 0 Å². The van der Waals surface area contributed by atoms with Gasteiger partial charge in [0.05, 0.1) is 5.60 Å². The van der Waals surface area contributed by atoms with Gasteiger partial charge in [0, 0.05) is 5.54 Å². The fourth-order valence-electron chi connectivity index (χ4n) is 3.33. The van der Waals surface area contributed by atoms with Crippen LogP contribution < -0.4 is 5.73 Å². The van der Waals surface area contributed by atoms with Gasteiger partial charge in [-0.3, -0.25) is 0 Å². The molecule has 0 saturated heterocycles. The Bertz CT molecular complexity index is 215. The van der Waals surface area contributed by atoms with Gasteiger partial charge in [-0.2, -0.15) is 0 Å². The van der Waals surface area contributed by atoms with E-state index in [1.165, 1.54) is 6.42 Å². The Balaban J connectivity index is 2.73. The molecule has 3 unspecified atom stereocenters. The number of hydrogen-bond donors (Lipinski definition) is 2. The lowest BCUT2D eigenvalue weighted by Crippen LogP contribution is -2.61. The van der Waals surface area contributed by atoms with E-state index in [4.69, 9.17) is 5.73 Å². The fraction of sp³-hybridized carbons (Fsp3) is 1.00. The highest BCUT2D eigenvalue weighted by Gasteiger charge is 2.47. The molecule has 0 aliphatic heterocycles. The number of aliphatic hydroxyl groups is 1. The summed E-state index contributed by atoms with van der Waals surface area (Å²) in [5.41, 5.74) is 5.31. The molecule has 1 fully saturated rings. The zero-order chi connectivity index (χ0) is 12.4. The first kappa shape index (κ1) is 14.0. The monoisotopic (exact) mass is 227 g/mol. The SMILES string of the molecule is CCCCC(C)(N)C1(O)CC(C)CC(C)C1. The zero-order valence-electron chi connectivity index (χ0n) is 11.4. The van der Waals surface area contributed by atoms with Crippen LogP contribution in [0.4, 0.5) is 0 Å². The number of rotatable bonds is 4. The van der Waals surface area contributed by atoms with Gasteiger partial charge in [-0.25, -0.2) is 0 Å². The molecule has 2 heteroatoms. The highest BCUT2D eigenvalue weighted by molar-refractivity contribution is 5.03. The summed E-state index contributed by atoms with van der Waals surface area (Å²) in [6.07, 6.45) is 6.15. The highest BCUT2D eigenvalue weighted by Crippen LogP contribution is 2.42. The van der Waals surface area contributed by atoms with Crippen LogP contribution in [0.1, 0.15) is 66.2 Å². The lowest BCUT2D eigenvalue weighted by molar-refractivity contribution is -0.0880. The second-order valence-electron chi connectivity index (χ2n) is 6.41. The molecule has 0 bridgehead atoms. The summed E-state index contributed by atoms with van der Waals surface area (Å²) in [7, 11) is 0. The Kier molecular flexibility index (Phi) is 4.42. The number of nitrogens with two attached hydrogens (primary N) is 1. The second kappa shape index (κ2) is 5.05. The molecule has 1 aliphatic carbocycles. The molecular weight excluding hydrogens is 198 g/mol. The van der Waals surface area contributed by atoms with Crippen molar-refractivity contribution in [3.8, 4) is 0 Å². The maximum absolute atomic E-state index is 10.8. The minimum Gasteiger partial charge on any atom is -0.388 e. The van der Waals surface area contributed by atoms with E-state index in [0.717, 1.165) is 32.1 Å². The first-order chi connectivity index (χ1) is 7.31. The van der Waals surface area contributed by atoms with Crippen LogP contribution in [0, 0.1) is 11.8 Å². The molecule has 0 amide bonds. The van der Waals surface area contributed by atoms with Crippen molar-refractivity contribution in [1.82, 2.24) is 0 Å². The Labute approximate surface area is 101 Å². The van der Waals surface area contributed by atoms with E-state index in [0.29, 0.717) is 11.8 Å². The molecule has 1 aliphatic rings. The molecule has 96 valence electrons. The summed E-state index contributed by atoms with van der Waals surface area (Å²) in [6, 6.07) is 0. The highest BCUT2D eigenvalue weighted by atomic mass is 16.3. The van der Waals surface area contributed by atoms with Crippen LogP contribution in [0.2, 0.25) is 0 Å². The molecule has 2 nitrogen and oxygen atoms in total. The summed E-state index contributed by atoms with van der Waals surface area (Å²) < 4.78 is 0. The van der Waals surface area contributed by atoms with E-state index < -0.39 is 11.1 Å². The lowest BCUT2D eigenvalue weighted by Gasteiger charge is -2.49. The van der Waals surface area contributed by atoms with E-state index in [-0.39, 0.29) is 0 Å². The van der Waals surface area contributed by atoms with Gasteiger partial charge in [-0.05, 0) is 44.4 Å². The average Bonchev–Trinajstić information content (AvgIpc) is 2.12. The molecule has 3 N–H and O–H groups in total. The first-order valence-electron chi connectivity index (χ1n) is 6.82. The maximum Gasteiger partial charge on any atom is 0.0828 e. The van der Waals surface area contributed by atoms with E-state index in [1.807, 2.05) is 6.92 Å². The van der Waals surface area contributed by atoms with Gasteiger partial charge in [0.1, 0.15) is 0 Å². The molecule has 0 aromatic rings. The van der Waals surface area contributed by atoms with Crippen molar-refractivity contribution in [1.29, 1.82) is 0 Å². The van der Waals surface area contributed by atoms with Gasteiger partial charge in [-0.15, -0.1) is 0 Å². The van der Waals surface area contributed by atoms with Crippen molar-refractivity contribution >= 4 is 0 Å². The molecule has 0 radical (unpaired) electrons. The average molecular weight is 227 g/mol. The summed E-state index contributed by atoms with van der Waals surface area (Å²) >= 11 is 0. The molecule has 1 rings (SSSR count). The van der Waals surface area contributed by atoms with E-state index in [1.54, 1.807) is 0 Å². The van der Waals surface area contributed by atoms with Crippen molar-refractivity contribution in [2.24, 2.45) is 17.6 Å².